The standard InChI is InChI=1S/C12H18N4O2/c1-8-5-10(6-14-11(8)13)15-3-4-16(12(17)18)9(2)7-15/h5-6,9H,3-4,7H2,1-2H3,(H2,13,14)(H,17,18)/t9-/m0/s1. The number of hydrogen-bond acceptors (Lipinski definition) is 4. The van der Waals surface area contributed by atoms with Crippen LogP contribution in [0, 0.1) is 6.92 Å². The normalized spacial score (nSPS) is 20.0. The number of hydrogen-bond donors (Lipinski definition) is 2. The first kappa shape index (κ1) is 12.5. The molecule has 1 amide bonds. The summed E-state index contributed by atoms with van der Waals surface area (Å²) in [7, 11) is 0. The van der Waals surface area contributed by atoms with Crippen molar-refractivity contribution >= 4 is 17.6 Å². The molecule has 0 saturated carbocycles. The lowest BCUT2D eigenvalue weighted by molar-refractivity contribution is 0.122. The van der Waals surface area contributed by atoms with Gasteiger partial charge in [0.15, 0.2) is 0 Å². The Bertz CT molecular complexity index is 463. The van der Waals surface area contributed by atoms with Gasteiger partial charge < -0.3 is 20.6 Å². The maximum atomic E-state index is 11.0. The van der Waals surface area contributed by atoms with Crippen molar-refractivity contribution in [2.24, 2.45) is 0 Å². The number of aromatic nitrogens is 1. The third-order valence-electron chi connectivity index (χ3n) is 3.34. The Morgan fingerprint density at radius 2 is 2.28 bits per heavy atom. The number of anilines is 2. The molecule has 0 unspecified atom stereocenters. The van der Waals surface area contributed by atoms with E-state index in [1.54, 1.807) is 6.20 Å². The molecule has 98 valence electrons. The summed E-state index contributed by atoms with van der Waals surface area (Å²) in [5.74, 6) is 0.538. The molecule has 1 saturated heterocycles. The Morgan fingerprint density at radius 1 is 1.56 bits per heavy atom. The number of nitrogens with two attached hydrogens (primary N) is 1. The molecule has 3 N–H and O–H groups in total. The fraction of sp³-hybridized carbons (Fsp3) is 0.500. The van der Waals surface area contributed by atoms with Crippen molar-refractivity contribution in [1.82, 2.24) is 9.88 Å². The molecule has 0 radical (unpaired) electrons. The van der Waals surface area contributed by atoms with Gasteiger partial charge in [-0.2, -0.15) is 0 Å². The molecule has 1 aromatic heterocycles. The quantitative estimate of drug-likeness (QED) is 0.781. The van der Waals surface area contributed by atoms with E-state index in [1.807, 2.05) is 19.9 Å². The van der Waals surface area contributed by atoms with Crippen molar-refractivity contribution in [3.05, 3.63) is 17.8 Å². The van der Waals surface area contributed by atoms with Crippen molar-refractivity contribution in [2.75, 3.05) is 30.3 Å². The van der Waals surface area contributed by atoms with E-state index in [1.165, 1.54) is 4.90 Å². The van der Waals surface area contributed by atoms with Crippen LogP contribution in [0.15, 0.2) is 12.3 Å². The van der Waals surface area contributed by atoms with E-state index in [4.69, 9.17) is 10.8 Å². The molecule has 2 heterocycles. The SMILES string of the molecule is Cc1cc(N2CCN(C(=O)O)[C@@H](C)C2)cnc1N. The molecule has 1 atom stereocenters. The summed E-state index contributed by atoms with van der Waals surface area (Å²) in [6, 6.07) is 1.97. The summed E-state index contributed by atoms with van der Waals surface area (Å²) in [5.41, 5.74) is 7.64. The second kappa shape index (κ2) is 4.72. The lowest BCUT2D eigenvalue weighted by atomic mass is 10.1. The highest BCUT2D eigenvalue weighted by Gasteiger charge is 2.27. The Morgan fingerprint density at radius 3 is 2.83 bits per heavy atom. The molecule has 1 aliphatic rings. The van der Waals surface area contributed by atoms with E-state index < -0.39 is 6.09 Å². The number of amides is 1. The van der Waals surface area contributed by atoms with Crippen molar-refractivity contribution in [3.63, 3.8) is 0 Å². The van der Waals surface area contributed by atoms with Crippen molar-refractivity contribution in [3.8, 4) is 0 Å². The molecule has 0 bridgehead atoms. The summed E-state index contributed by atoms with van der Waals surface area (Å²) >= 11 is 0. The van der Waals surface area contributed by atoms with Crippen LogP contribution in [0.2, 0.25) is 0 Å². The Kier molecular flexibility index (Phi) is 3.27. The first-order chi connectivity index (χ1) is 8.49. The third kappa shape index (κ3) is 2.32. The minimum atomic E-state index is -0.853. The fourth-order valence-electron chi connectivity index (χ4n) is 2.22. The lowest BCUT2D eigenvalue weighted by Gasteiger charge is -2.39. The molecule has 2 rings (SSSR count). The smallest absolute Gasteiger partial charge is 0.407 e. The molecular weight excluding hydrogens is 232 g/mol. The number of pyridine rings is 1. The van der Waals surface area contributed by atoms with Gasteiger partial charge >= 0.3 is 6.09 Å². The summed E-state index contributed by atoms with van der Waals surface area (Å²) in [6.07, 6.45) is 0.889. The van der Waals surface area contributed by atoms with Crippen molar-refractivity contribution in [1.29, 1.82) is 0 Å². The monoisotopic (exact) mass is 250 g/mol. The van der Waals surface area contributed by atoms with Crippen LogP contribution in [0.4, 0.5) is 16.3 Å². The maximum absolute atomic E-state index is 11.0. The topological polar surface area (TPSA) is 82.7 Å². The molecule has 1 aromatic rings. The minimum absolute atomic E-state index is 0.0193. The zero-order valence-electron chi connectivity index (χ0n) is 10.6. The largest absolute Gasteiger partial charge is 0.465 e. The average Bonchev–Trinajstić information content (AvgIpc) is 2.32. The molecular formula is C12H18N4O2. The fourth-order valence-corrected chi connectivity index (χ4v) is 2.22. The van der Waals surface area contributed by atoms with E-state index in [9.17, 15) is 4.79 Å². The highest BCUT2D eigenvalue weighted by atomic mass is 16.4. The maximum Gasteiger partial charge on any atom is 0.407 e. The highest BCUT2D eigenvalue weighted by molar-refractivity contribution is 5.66. The first-order valence-corrected chi connectivity index (χ1v) is 5.95. The Labute approximate surface area is 106 Å². The van der Waals surface area contributed by atoms with Crippen LogP contribution >= 0.6 is 0 Å². The van der Waals surface area contributed by atoms with Gasteiger partial charge in [0.05, 0.1) is 11.9 Å². The summed E-state index contributed by atoms with van der Waals surface area (Å²) in [4.78, 5) is 18.7. The molecule has 6 heteroatoms. The van der Waals surface area contributed by atoms with Gasteiger partial charge in [-0.05, 0) is 25.5 Å². The van der Waals surface area contributed by atoms with Gasteiger partial charge in [-0.1, -0.05) is 0 Å². The Hall–Kier alpha value is -1.98. The average molecular weight is 250 g/mol. The van der Waals surface area contributed by atoms with Gasteiger partial charge in [0.1, 0.15) is 5.82 Å². The predicted octanol–water partition coefficient (Wildman–Crippen LogP) is 1.16. The van der Waals surface area contributed by atoms with Gasteiger partial charge in [-0.25, -0.2) is 9.78 Å². The van der Waals surface area contributed by atoms with Gasteiger partial charge in [0.2, 0.25) is 0 Å². The molecule has 0 aromatic carbocycles. The van der Waals surface area contributed by atoms with Gasteiger partial charge in [-0.3, -0.25) is 0 Å². The summed E-state index contributed by atoms with van der Waals surface area (Å²) < 4.78 is 0. The number of rotatable bonds is 1. The molecule has 0 spiro atoms. The second-order valence-electron chi connectivity index (χ2n) is 4.67. The summed E-state index contributed by atoms with van der Waals surface area (Å²) in [5, 5.41) is 9.02. The van der Waals surface area contributed by atoms with Crippen molar-refractivity contribution in [2.45, 2.75) is 19.9 Å². The van der Waals surface area contributed by atoms with Crippen molar-refractivity contribution < 1.29 is 9.90 Å². The van der Waals surface area contributed by atoms with Gasteiger partial charge in [-0.15, -0.1) is 0 Å². The molecule has 1 aliphatic heterocycles. The zero-order valence-corrected chi connectivity index (χ0v) is 10.6. The van der Waals surface area contributed by atoms with E-state index in [2.05, 4.69) is 9.88 Å². The third-order valence-corrected chi connectivity index (χ3v) is 3.34. The van der Waals surface area contributed by atoms with Gasteiger partial charge in [0, 0.05) is 25.7 Å². The summed E-state index contributed by atoms with van der Waals surface area (Å²) in [6.45, 7) is 5.71. The number of nitrogen functional groups attached to an aromatic ring is 1. The van der Waals surface area contributed by atoms with E-state index in [0.29, 0.717) is 25.5 Å². The number of aryl methyl sites for hydroxylation is 1. The van der Waals surface area contributed by atoms with E-state index in [-0.39, 0.29) is 6.04 Å². The van der Waals surface area contributed by atoms with Crippen LogP contribution in [0.3, 0.4) is 0 Å². The number of carbonyl (C=O) groups is 1. The van der Waals surface area contributed by atoms with Crippen LogP contribution in [-0.4, -0.2) is 46.8 Å². The van der Waals surface area contributed by atoms with E-state index in [0.717, 1.165) is 11.3 Å². The van der Waals surface area contributed by atoms with Gasteiger partial charge in [0.25, 0.3) is 0 Å². The predicted molar refractivity (Wildman–Crippen MR) is 69.8 cm³/mol. The second-order valence-corrected chi connectivity index (χ2v) is 4.67. The first-order valence-electron chi connectivity index (χ1n) is 5.95. The van der Waals surface area contributed by atoms with Crippen LogP contribution in [-0.2, 0) is 0 Å². The number of piperazine rings is 1. The van der Waals surface area contributed by atoms with Crippen LogP contribution < -0.4 is 10.6 Å². The molecule has 1 fully saturated rings. The van der Waals surface area contributed by atoms with E-state index >= 15 is 0 Å². The highest BCUT2D eigenvalue weighted by Crippen LogP contribution is 2.21. The number of carboxylic acid groups (broad SMARTS) is 1. The molecule has 0 aliphatic carbocycles. The Balaban J connectivity index is 2.12. The number of nitrogens with zero attached hydrogens (tertiary/aromatic N) is 3. The van der Waals surface area contributed by atoms with Crippen LogP contribution in [0.5, 0.6) is 0 Å². The zero-order chi connectivity index (χ0) is 13.3. The lowest BCUT2D eigenvalue weighted by Crippen LogP contribution is -2.53. The minimum Gasteiger partial charge on any atom is -0.465 e. The van der Waals surface area contributed by atoms with Crippen LogP contribution in [0.1, 0.15) is 12.5 Å². The van der Waals surface area contributed by atoms with Crippen LogP contribution in [0.25, 0.3) is 0 Å². The molecule has 18 heavy (non-hydrogen) atoms. The molecule has 6 nitrogen and oxygen atoms in total.